The Morgan fingerprint density at radius 2 is 1.77 bits per heavy atom. The Hall–Kier alpha value is -2.36. The quantitative estimate of drug-likeness (QED) is 0.625. The van der Waals surface area contributed by atoms with Crippen molar-refractivity contribution in [2.24, 2.45) is 0 Å². The van der Waals surface area contributed by atoms with Crippen molar-refractivity contribution >= 4 is 11.6 Å². The van der Waals surface area contributed by atoms with Gasteiger partial charge in [0.2, 0.25) is 6.54 Å². The molecule has 4 nitrogen and oxygen atoms in total. The van der Waals surface area contributed by atoms with Crippen LogP contribution < -0.4 is 14.8 Å². The molecule has 1 amide bonds. The van der Waals surface area contributed by atoms with Crippen molar-refractivity contribution in [2.75, 3.05) is 25.5 Å². The molecule has 2 rings (SSSR count). The lowest BCUT2D eigenvalue weighted by Crippen LogP contribution is -2.42. The molecule has 0 saturated heterocycles. The third-order valence-corrected chi connectivity index (χ3v) is 3.52. The smallest absolute Gasteiger partial charge is 0.285 e. The van der Waals surface area contributed by atoms with E-state index in [-0.39, 0.29) is 5.91 Å². The van der Waals surface area contributed by atoms with E-state index >= 15 is 0 Å². The molecular weight excluding hydrogens is 274 g/mol. The molecule has 0 saturated carbocycles. The maximum Gasteiger partial charge on any atom is 0.285 e. The van der Waals surface area contributed by atoms with Crippen LogP contribution in [0.25, 0.3) is 0 Å². The fraction of sp³-hybridized carbons (Fsp3) is 0.333. The molecule has 1 heterocycles. The van der Waals surface area contributed by atoms with E-state index in [1.165, 1.54) is 5.56 Å². The van der Waals surface area contributed by atoms with Crippen LogP contribution in [-0.2, 0) is 17.8 Å². The molecule has 1 aromatic heterocycles. The van der Waals surface area contributed by atoms with Crippen molar-refractivity contribution in [3.05, 3.63) is 60.4 Å². The van der Waals surface area contributed by atoms with E-state index in [0.29, 0.717) is 13.1 Å². The molecule has 0 unspecified atom stereocenters. The first-order chi connectivity index (χ1) is 10.6. The summed E-state index contributed by atoms with van der Waals surface area (Å²) in [5.41, 5.74) is 2.44. The molecule has 0 radical (unpaired) electrons. The Labute approximate surface area is 132 Å². The van der Waals surface area contributed by atoms with E-state index in [1.54, 1.807) is 0 Å². The molecule has 0 aliphatic carbocycles. The molecule has 0 aliphatic heterocycles. The number of hydrogen-bond acceptors (Lipinski definition) is 2. The molecule has 0 spiro atoms. The zero-order valence-corrected chi connectivity index (χ0v) is 13.3. The second-order valence-electron chi connectivity index (χ2n) is 5.56. The van der Waals surface area contributed by atoms with Crippen molar-refractivity contribution < 1.29 is 9.36 Å². The highest BCUT2D eigenvalue weighted by molar-refractivity contribution is 5.74. The van der Waals surface area contributed by atoms with Crippen molar-refractivity contribution in [1.82, 2.24) is 5.32 Å². The van der Waals surface area contributed by atoms with Crippen molar-refractivity contribution in [2.45, 2.75) is 19.4 Å². The average Bonchev–Trinajstić information content (AvgIpc) is 2.53. The Kier molecular flexibility index (Phi) is 5.95. The highest BCUT2D eigenvalue weighted by atomic mass is 16.1. The van der Waals surface area contributed by atoms with Gasteiger partial charge < -0.3 is 10.2 Å². The zero-order chi connectivity index (χ0) is 15.8. The number of carbonyl (C=O) groups excluding carboxylic acids is 1. The molecule has 1 N–H and O–H groups in total. The minimum absolute atomic E-state index is 0.0515. The van der Waals surface area contributed by atoms with Gasteiger partial charge in [-0.05, 0) is 18.4 Å². The van der Waals surface area contributed by atoms with E-state index in [9.17, 15) is 4.79 Å². The largest absolute Gasteiger partial charge is 0.377 e. The molecule has 4 heteroatoms. The van der Waals surface area contributed by atoms with E-state index in [1.807, 2.05) is 66.3 Å². The minimum atomic E-state index is 0.0515. The second kappa shape index (κ2) is 8.17. The molecule has 0 atom stereocenters. The van der Waals surface area contributed by atoms with E-state index in [4.69, 9.17) is 0 Å². The van der Waals surface area contributed by atoms with Crippen LogP contribution in [0.3, 0.4) is 0 Å². The summed E-state index contributed by atoms with van der Waals surface area (Å²) in [5.74, 6) is 0.0515. The van der Waals surface area contributed by atoms with Gasteiger partial charge in [0.15, 0.2) is 12.4 Å². The predicted octanol–water partition coefficient (Wildman–Crippen LogP) is 1.79. The fourth-order valence-corrected chi connectivity index (χ4v) is 2.24. The van der Waals surface area contributed by atoms with Gasteiger partial charge >= 0.3 is 0 Å². The number of nitrogens with one attached hydrogen (secondary N) is 1. The van der Waals surface area contributed by atoms with Gasteiger partial charge in [-0.1, -0.05) is 30.3 Å². The monoisotopic (exact) mass is 298 g/mol. The number of aromatic nitrogens is 1. The van der Waals surface area contributed by atoms with Crippen molar-refractivity contribution in [3.63, 3.8) is 0 Å². The first kappa shape index (κ1) is 16.0. The molecular formula is C18H24N3O+. The van der Waals surface area contributed by atoms with Gasteiger partial charge in [0.25, 0.3) is 5.91 Å². The first-order valence-corrected chi connectivity index (χ1v) is 7.62. The topological polar surface area (TPSA) is 36.2 Å². The van der Waals surface area contributed by atoms with E-state index in [2.05, 4.69) is 17.4 Å². The number of pyridine rings is 1. The first-order valence-electron chi connectivity index (χ1n) is 7.62. The fourth-order valence-electron chi connectivity index (χ4n) is 2.24. The lowest BCUT2D eigenvalue weighted by molar-refractivity contribution is -0.684. The van der Waals surface area contributed by atoms with Crippen molar-refractivity contribution in [3.8, 4) is 0 Å². The highest BCUT2D eigenvalue weighted by Gasteiger charge is 2.08. The summed E-state index contributed by atoms with van der Waals surface area (Å²) in [5, 5.41) is 2.97. The number of benzene rings is 1. The molecule has 22 heavy (non-hydrogen) atoms. The Morgan fingerprint density at radius 3 is 2.41 bits per heavy atom. The normalized spacial score (nSPS) is 10.3. The van der Waals surface area contributed by atoms with Gasteiger partial charge in [-0.3, -0.25) is 4.79 Å². The average molecular weight is 298 g/mol. The van der Waals surface area contributed by atoms with Gasteiger partial charge in [-0.15, -0.1) is 0 Å². The third-order valence-electron chi connectivity index (χ3n) is 3.52. The predicted molar refractivity (Wildman–Crippen MR) is 88.7 cm³/mol. The number of amides is 1. The number of rotatable bonds is 7. The lowest BCUT2D eigenvalue weighted by atomic mass is 10.1. The molecule has 0 bridgehead atoms. The Balaban J connectivity index is 1.69. The maximum atomic E-state index is 11.9. The summed E-state index contributed by atoms with van der Waals surface area (Å²) in [7, 11) is 4.00. The molecule has 116 valence electrons. The molecule has 0 fully saturated rings. The number of aryl methyl sites for hydroxylation is 1. The van der Waals surface area contributed by atoms with Crippen molar-refractivity contribution in [1.29, 1.82) is 0 Å². The lowest BCUT2D eigenvalue weighted by Gasteiger charge is -2.10. The third kappa shape index (κ3) is 5.20. The van der Waals surface area contributed by atoms with Gasteiger partial charge in [-0.2, -0.15) is 4.57 Å². The van der Waals surface area contributed by atoms with Crippen LogP contribution in [0.4, 0.5) is 5.69 Å². The van der Waals surface area contributed by atoms with Crippen LogP contribution >= 0.6 is 0 Å². The summed E-state index contributed by atoms with van der Waals surface area (Å²) in [4.78, 5) is 13.9. The van der Waals surface area contributed by atoms with Crippen LogP contribution in [-0.4, -0.2) is 26.5 Å². The van der Waals surface area contributed by atoms with Crippen LogP contribution in [0.2, 0.25) is 0 Å². The van der Waals surface area contributed by atoms with Crippen LogP contribution in [0.15, 0.2) is 54.9 Å². The zero-order valence-electron chi connectivity index (χ0n) is 13.3. The molecule has 2 aromatic rings. The van der Waals surface area contributed by atoms with E-state index < -0.39 is 0 Å². The van der Waals surface area contributed by atoms with Gasteiger partial charge in [0, 0.05) is 38.5 Å². The summed E-state index contributed by atoms with van der Waals surface area (Å²) in [6, 6.07) is 14.3. The standard InChI is InChI=1S/C18H23N3O/c1-20(2)17-10-13-21(14-11-17)15-18(22)19-12-6-9-16-7-4-3-5-8-16/h3-5,7-8,10-11,13-14H,6,9,12,15H2,1-2H3/p+1. The number of carbonyl (C=O) groups is 1. The summed E-state index contributed by atoms with van der Waals surface area (Å²) in [6.07, 6.45) is 5.81. The summed E-state index contributed by atoms with van der Waals surface area (Å²) < 4.78 is 1.89. The highest BCUT2D eigenvalue weighted by Crippen LogP contribution is 2.05. The number of nitrogens with zero attached hydrogens (tertiary/aromatic N) is 2. The second-order valence-corrected chi connectivity index (χ2v) is 5.56. The SMILES string of the molecule is CN(C)c1cc[n+](CC(=O)NCCCc2ccccc2)cc1. The minimum Gasteiger partial charge on any atom is -0.377 e. The Bertz CT molecular complexity index is 579. The summed E-state index contributed by atoms with van der Waals surface area (Å²) >= 11 is 0. The number of anilines is 1. The van der Waals surface area contributed by atoms with E-state index in [0.717, 1.165) is 18.5 Å². The van der Waals surface area contributed by atoms with Crippen LogP contribution in [0.5, 0.6) is 0 Å². The van der Waals surface area contributed by atoms with Gasteiger partial charge in [-0.25, -0.2) is 0 Å². The Morgan fingerprint density at radius 1 is 1.09 bits per heavy atom. The maximum absolute atomic E-state index is 11.9. The van der Waals surface area contributed by atoms with Crippen LogP contribution in [0.1, 0.15) is 12.0 Å². The number of hydrogen-bond donors (Lipinski definition) is 1. The van der Waals surface area contributed by atoms with Crippen LogP contribution in [0, 0.1) is 0 Å². The van der Waals surface area contributed by atoms with Gasteiger partial charge in [0.05, 0.1) is 0 Å². The van der Waals surface area contributed by atoms with Gasteiger partial charge in [0.1, 0.15) is 0 Å². The molecule has 1 aromatic carbocycles. The summed E-state index contributed by atoms with van der Waals surface area (Å²) in [6.45, 7) is 1.07. The molecule has 0 aliphatic rings.